The molecule has 0 radical (unpaired) electrons. The lowest BCUT2D eigenvalue weighted by Gasteiger charge is -2.28. The summed E-state index contributed by atoms with van der Waals surface area (Å²) < 4.78 is 0. The maximum atomic E-state index is 12.5. The van der Waals surface area contributed by atoms with Crippen LogP contribution in [0.15, 0.2) is 18.2 Å². The number of aromatic hydroxyl groups is 2. The Hall–Kier alpha value is -1.71. The molecule has 18 heavy (non-hydrogen) atoms. The average molecular weight is 249 g/mol. The normalized spacial score (nSPS) is 23.3. The lowest BCUT2D eigenvalue weighted by molar-refractivity contribution is 0.0672. The molecule has 0 spiro atoms. The van der Waals surface area contributed by atoms with Crippen LogP contribution in [0.25, 0.3) is 0 Å². The van der Waals surface area contributed by atoms with Gasteiger partial charge in [0.1, 0.15) is 0 Å². The fourth-order valence-corrected chi connectivity index (χ4v) is 2.68. The van der Waals surface area contributed by atoms with Crippen LogP contribution in [0.4, 0.5) is 0 Å². The van der Waals surface area contributed by atoms with Crippen molar-refractivity contribution in [3.05, 3.63) is 23.8 Å². The van der Waals surface area contributed by atoms with Crippen molar-refractivity contribution in [2.24, 2.45) is 0 Å². The van der Waals surface area contributed by atoms with E-state index in [9.17, 15) is 15.0 Å². The first kappa shape index (κ1) is 12.7. The molecule has 2 N–H and O–H groups in total. The molecule has 1 aromatic rings. The van der Waals surface area contributed by atoms with Crippen LogP contribution in [0.1, 0.15) is 43.5 Å². The molecule has 0 saturated carbocycles. The zero-order valence-corrected chi connectivity index (χ0v) is 10.8. The monoisotopic (exact) mass is 249 g/mol. The molecule has 1 aliphatic heterocycles. The molecule has 2 atom stereocenters. The Labute approximate surface area is 107 Å². The lowest BCUT2D eigenvalue weighted by Crippen LogP contribution is -2.39. The van der Waals surface area contributed by atoms with Gasteiger partial charge in [-0.15, -0.1) is 0 Å². The Kier molecular flexibility index (Phi) is 3.45. The van der Waals surface area contributed by atoms with Crippen LogP contribution in [0.5, 0.6) is 11.5 Å². The lowest BCUT2D eigenvalue weighted by atomic mass is 10.1. The van der Waals surface area contributed by atoms with Gasteiger partial charge in [-0.05, 0) is 38.3 Å². The molecule has 1 amide bonds. The van der Waals surface area contributed by atoms with E-state index in [-0.39, 0.29) is 35.1 Å². The SMILES string of the molecule is CCC1CCC(C)N1C(=O)c1cccc(O)c1O. The summed E-state index contributed by atoms with van der Waals surface area (Å²) in [5.74, 6) is -0.766. The molecule has 2 rings (SSSR count). The number of hydrogen-bond acceptors (Lipinski definition) is 3. The van der Waals surface area contributed by atoms with Crippen molar-refractivity contribution >= 4 is 5.91 Å². The molecular weight excluding hydrogens is 230 g/mol. The van der Waals surface area contributed by atoms with Crippen molar-refractivity contribution in [3.8, 4) is 11.5 Å². The number of hydrogen-bond donors (Lipinski definition) is 2. The van der Waals surface area contributed by atoms with E-state index in [1.807, 2.05) is 11.8 Å². The van der Waals surface area contributed by atoms with Crippen LogP contribution in [-0.2, 0) is 0 Å². The van der Waals surface area contributed by atoms with Gasteiger partial charge in [0.25, 0.3) is 5.91 Å². The summed E-state index contributed by atoms with van der Waals surface area (Å²) >= 11 is 0. The largest absolute Gasteiger partial charge is 0.504 e. The van der Waals surface area contributed by atoms with Gasteiger partial charge in [-0.1, -0.05) is 13.0 Å². The third kappa shape index (κ3) is 2.03. The summed E-state index contributed by atoms with van der Waals surface area (Å²) in [6.07, 6.45) is 2.91. The first-order valence-electron chi connectivity index (χ1n) is 6.39. The fourth-order valence-electron chi connectivity index (χ4n) is 2.68. The average Bonchev–Trinajstić information content (AvgIpc) is 2.73. The number of phenolic OH excluding ortho intramolecular Hbond substituents is 2. The van der Waals surface area contributed by atoms with Gasteiger partial charge in [0.05, 0.1) is 5.56 Å². The Balaban J connectivity index is 2.33. The van der Waals surface area contributed by atoms with Crippen molar-refractivity contribution in [3.63, 3.8) is 0 Å². The minimum Gasteiger partial charge on any atom is -0.504 e. The number of carbonyl (C=O) groups excluding carboxylic acids is 1. The summed E-state index contributed by atoms with van der Waals surface area (Å²) in [6.45, 7) is 4.08. The highest BCUT2D eigenvalue weighted by atomic mass is 16.3. The Bertz CT molecular complexity index is 458. The number of carbonyl (C=O) groups is 1. The molecule has 0 aromatic heterocycles. The van der Waals surface area contributed by atoms with Crippen LogP contribution in [0.2, 0.25) is 0 Å². The van der Waals surface area contributed by atoms with E-state index >= 15 is 0 Å². The number of benzene rings is 1. The molecule has 2 unspecified atom stereocenters. The summed E-state index contributed by atoms with van der Waals surface area (Å²) in [5.41, 5.74) is 0.183. The number of amides is 1. The van der Waals surface area contributed by atoms with Crippen LogP contribution in [0, 0.1) is 0 Å². The standard InChI is InChI=1S/C14H19NO3/c1-3-10-8-7-9(2)15(10)14(18)11-5-4-6-12(16)13(11)17/h4-6,9-10,16-17H,3,7-8H2,1-2H3. The van der Waals surface area contributed by atoms with Crippen LogP contribution < -0.4 is 0 Å². The summed E-state index contributed by atoms with van der Waals surface area (Å²) in [5, 5.41) is 19.2. The molecule has 1 heterocycles. The van der Waals surface area contributed by atoms with Gasteiger partial charge in [0.15, 0.2) is 11.5 Å². The third-order valence-electron chi connectivity index (χ3n) is 3.74. The van der Waals surface area contributed by atoms with Crippen LogP contribution in [0.3, 0.4) is 0 Å². The van der Waals surface area contributed by atoms with Gasteiger partial charge in [-0.25, -0.2) is 0 Å². The van der Waals surface area contributed by atoms with Crippen LogP contribution in [-0.4, -0.2) is 33.1 Å². The highest BCUT2D eigenvalue weighted by Gasteiger charge is 2.34. The molecule has 4 nitrogen and oxygen atoms in total. The van der Waals surface area contributed by atoms with Crippen molar-refractivity contribution < 1.29 is 15.0 Å². The second-order valence-corrected chi connectivity index (χ2v) is 4.87. The molecule has 4 heteroatoms. The summed E-state index contributed by atoms with van der Waals surface area (Å²) in [6, 6.07) is 4.91. The minimum absolute atomic E-state index is 0.183. The maximum absolute atomic E-state index is 12.5. The van der Waals surface area contributed by atoms with Crippen molar-refractivity contribution in [1.29, 1.82) is 0 Å². The fraction of sp³-hybridized carbons (Fsp3) is 0.500. The second-order valence-electron chi connectivity index (χ2n) is 4.87. The zero-order chi connectivity index (χ0) is 13.3. The molecule has 1 fully saturated rings. The second kappa shape index (κ2) is 4.88. The van der Waals surface area contributed by atoms with Crippen LogP contribution >= 0.6 is 0 Å². The number of phenols is 2. The summed E-state index contributed by atoms with van der Waals surface area (Å²) in [4.78, 5) is 14.3. The Morgan fingerprint density at radius 2 is 2.11 bits per heavy atom. The van der Waals surface area contributed by atoms with E-state index in [2.05, 4.69) is 6.92 Å². The smallest absolute Gasteiger partial charge is 0.258 e. The highest BCUT2D eigenvalue weighted by molar-refractivity contribution is 5.98. The van der Waals surface area contributed by atoms with E-state index in [1.54, 1.807) is 12.1 Å². The van der Waals surface area contributed by atoms with E-state index in [0.29, 0.717) is 0 Å². The quantitative estimate of drug-likeness (QED) is 0.792. The first-order valence-corrected chi connectivity index (χ1v) is 6.39. The third-order valence-corrected chi connectivity index (χ3v) is 3.74. The topological polar surface area (TPSA) is 60.8 Å². The molecule has 1 aliphatic rings. The molecule has 0 aliphatic carbocycles. The van der Waals surface area contributed by atoms with E-state index in [4.69, 9.17) is 0 Å². The Morgan fingerprint density at radius 1 is 1.39 bits per heavy atom. The predicted octanol–water partition coefficient (Wildman–Crippen LogP) is 2.50. The number of para-hydroxylation sites is 1. The number of rotatable bonds is 2. The number of likely N-dealkylation sites (tertiary alicyclic amines) is 1. The number of nitrogens with zero attached hydrogens (tertiary/aromatic N) is 1. The van der Waals surface area contributed by atoms with E-state index in [1.165, 1.54) is 6.07 Å². The first-order chi connectivity index (χ1) is 8.56. The van der Waals surface area contributed by atoms with E-state index in [0.717, 1.165) is 19.3 Å². The molecule has 1 aromatic carbocycles. The molecule has 1 saturated heterocycles. The van der Waals surface area contributed by atoms with Crippen molar-refractivity contribution in [2.75, 3.05) is 0 Å². The summed E-state index contributed by atoms with van der Waals surface area (Å²) in [7, 11) is 0. The van der Waals surface area contributed by atoms with Gasteiger partial charge < -0.3 is 15.1 Å². The molecule has 0 bridgehead atoms. The van der Waals surface area contributed by atoms with Crippen molar-refractivity contribution in [2.45, 2.75) is 45.2 Å². The molecule has 98 valence electrons. The van der Waals surface area contributed by atoms with Gasteiger partial charge >= 0.3 is 0 Å². The van der Waals surface area contributed by atoms with Gasteiger partial charge in [-0.2, -0.15) is 0 Å². The minimum atomic E-state index is -0.323. The zero-order valence-electron chi connectivity index (χ0n) is 10.8. The van der Waals surface area contributed by atoms with Crippen molar-refractivity contribution in [1.82, 2.24) is 4.90 Å². The van der Waals surface area contributed by atoms with Gasteiger partial charge in [0.2, 0.25) is 0 Å². The van der Waals surface area contributed by atoms with E-state index < -0.39 is 0 Å². The Morgan fingerprint density at radius 3 is 2.78 bits per heavy atom. The predicted molar refractivity (Wildman–Crippen MR) is 68.7 cm³/mol. The maximum Gasteiger partial charge on any atom is 0.258 e. The molecular formula is C14H19NO3. The van der Waals surface area contributed by atoms with Gasteiger partial charge in [0, 0.05) is 12.1 Å². The van der Waals surface area contributed by atoms with Gasteiger partial charge in [-0.3, -0.25) is 4.79 Å². The highest BCUT2D eigenvalue weighted by Crippen LogP contribution is 2.33.